The highest BCUT2D eigenvalue weighted by atomic mass is 16.6. The smallest absolute Gasteiger partial charge is 0.338 e. The van der Waals surface area contributed by atoms with Crippen LogP contribution in [0.3, 0.4) is 0 Å². The van der Waals surface area contributed by atoms with Gasteiger partial charge in [-0.2, -0.15) is 0 Å². The van der Waals surface area contributed by atoms with Crippen LogP contribution < -0.4 is 0 Å². The Morgan fingerprint density at radius 3 is 1.88 bits per heavy atom. The number of nitro groups is 2. The lowest BCUT2D eigenvalue weighted by Gasteiger charge is -2.36. The van der Waals surface area contributed by atoms with Crippen molar-refractivity contribution in [3.05, 3.63) is 79.9 Å². The molecule has 3 rings (SSSR count). The van der Waals surface area contributed by atoms with Crippen molar-refractivity contribution < 1.29 is 24.2 Å². The molecule has 1 aliphatic carbocycles. The van der Waals surface area contributed by atoms with E-state index in [1.54, 1.807) is 4.90 Å². The lowest BCUT2D eigenvalue weighted by Crippen LogP contribution is -2.46. The standard InChI is InChI=1S/C24H27N3O7/c1-2-22(34-24(29)18-10-14-21(15-11-18)27(32)33)16-25(19-6-4-3-5-7-19)23(28)17-8-12-20(13-9-17)26(30)31/h8-15,19,22H,2-7,16H2,1H3/t22-/m0/s1. The second kappa shape index (κ2) is 11.4. The maximum Gasteiger partial charge on any atom is 0.338 e. The highest BCUT2D eigenvalue weighted by molar-refractivity contribution is 5.95. The molecule has 0 aromatic heterocycles. The van der Waals surface area contributed by atoms with Gasteiger partial charge in [-0.3, -0.25) is 25.0 Å². The molecule has 0 N–H and O–H groups in total. The summed E-state index contributed by atoms with van der Waals surface area (Å²) < 4.78 is 5.65. The predicted octanol–water partition coefficient (Wildman–Crippen LogP) is 4.91. The fourth-order valence-corrected chi connectivity index (χ4v) is 4.09. The zero-order valence-corrected chi connectivity index (χ0v) is 18.9. The number of ether oxygens (including phenoxy) is 1. The number of non-ortho nitro benzene ring substituents is 2. The van der Waals surface area contributed by atoms with Gasteiger partial charge in [-0.05, 0) is 43.5 Å². The number of carbonyl (C=O) groups is 2. The molecule has 1 atom stereocenters. The van der Waals surface area contributed by atoms with Gasteiger partial charge in [-0.1, -0.05) is 26.2 Å². The summed E-state index contributed by atoms with van der Waals surface area (Å²) >= 11 is 0. The number of hydrogen-bond acceptors (Lipinski definition) is 7. The van der Waals surface area contributed by atoms with Crippen molar-refractivity contribution in [3.8, 4) is 0 Å². The van der Waals surface area contributed by atoms with Crippen LogP contribution in [-0.4, -0.2) is 45.3 Å². The molecule has 2 aromatic carbocycles. The molecule has 2 aromatic rings. The molecule has 0 radical (unpaired) electrons. The third-order valence-corrected chi connectivity index (χ3v) is 6.04. The minimum Gasteiger partial charge on any atom is -0.457 e. The average Bonchev–Trinajstić information content (AvgIpc) is 2.86. The van der Waals surface area contributed by atoms with Crippen LogP contribution in [0.4, 0.5) is 11.4 Å². The maximum absolute atomic E-state index is 13.4. The van der Waals surface area contributed by atoms with Crippen molar-refractivity contribution in [2.24, 2.45) is 0 Å². The van der Waals surface area contributed by atoms with Crippen molar-refractivity contribution in [3.63, 3.8) is 0 Å². The molecule has 34 heavy (non-hydrogen) atoms. The first kappa shape index (κ1) is 24.8. The predicted molar refractivity (Wildman–Crippen MR) is 124 cm³/mol. The highest BCUT2D eigenvalue weighted by Crippen LogP contribution is 2.26. The molecule has 1 aliphatic rings. The molecule has 1 amide bonds. The number of benzene rings is 2. The monoisotopic (exact) mass is 469 g/mol. The zero-order chi connectivity index (χ0) is 24.7. The van der Waals surface area contributed by atoms with Crippen LogP contribution in [0.15, 0.2) is 48.5 Å². The molecule has 1 fully saturated rings. The first-order chi connectivity index (χ1) is 16.3. The lowest BCUT2D eigenvalue weighted by atomic mass is 9.93. The van der Waals surface area contributed by atoms with Crippen LogP contribution in [0.5, 0.6) is 0 Å². The summed E-state index contributed by atoms with van der Waals surface area (Å²) in [6, 6.07) is 10.6. The molecule has 1 saturated carbocycles. The molecule has 0 bridgehead atoms. The van der Waals surface area contributed by atoms with E-state index in [-0.39, 0.29) is 35.4 Å². The maximum atomic E-state index is 13.4. The van der Waals surface area contributed by atoms with E-state index in [1.165, 1.54) is 48.5 Å². The first-order valence-corrected chi connectivity index (χ1v) is 11.3. The SMILES string of the molecule is CC[C@@H](CN(C(=O)c1ccc([N+](=O)[O-])cc1)C1CCCCC1)OC(=O)c1ccc([N+](=O)[O-])cc1. The van der Waals surface area contributed by atoms with Crippen molar-refractivity contribution in [1.29, 1.82) is 0 Å². The van der Waals surface area contributed by atoms with Crippen LogP contribution in [0.1, 0.15) is 66.2 Å². The van der Waals surface area contributed by atoms with Crippen LogP contribution in [0, 0.1) is 20.2 Å². The van der Waals surface area contributed by atoms with Crippen LogP contribution in [0.25, 0.3) is 0 Å². The normalized spacial score (nSPS) is 14.7. The van der Waals surface area contributed by atoms with Gasteiger partial charge in [0.15, 0.2) is 0 Å². The van der Waals surface area contributed by atoms with Gasteiger partial charge >= 0.3 is 5.97 Å². The van der Waals surface area contributed by atoms with Gasteiger partial charge in [0.05, 0.1) is 22.0 Å². The van der Waals surface area contributed by atoms with Gasteiger partial charge < -0.3 is 9.64 Å². The van der Waals surface area contributed by atoms with E-state index >= 15 is 0 Å². The van der Waals surface area contributed by atoms with Gasteiger partial charge in [-0.15, -0.1) is 0 Å². The molecule has 10 nitrogen and oxygen atoms in total. The molecule has 0 unspecified atom stereocenters. The van der Waals surface area contributed by atoms with Crippen LogP contribution in [0.2, 0.25) is 0 Å². The first-order valence-electron chi connectivity index (χ1n) is 11.3. The van der Waals surface area contributed by atoms with Gasteiger partial charge in [0, 0.05) is 35.9 Å². The Hall–Kier alpha value is -3.82. The average molecular weight is 469 g/mol. The summed E-state index contributed by atoms with van der Waals surface area (Å²) in [5, 5.41) is 21.8. The Labute approximate surface area is 196 Å². The molecule has 0 saturated heterocycles. The third-order valence-electron chi connectivity index (χ3n) is 6.04. The second-order valence-corrected chi connectivity index (χ2v) is 8.29. The van der Waals surface area contributed by atoms with Gasteiger partial charge in [-0.25, -0.2) is 4.79 Å². The minimum absolute atomic E-state index is 0.0106. The summed E-state index contributed by atoms with van der Waals surface area (Å²) in [6.45, 7) is 2.04. The van der Waals surface area contributed by atoms with Crippen molar-refractivity contribution in [1.82, 2.24) is 4.90 Å². The van der Waals surface area contributed by atoms with Crippen LogP contribution >= 0.6 is 0 Å². The molecular weight excluding hydrogens is 442 g/mol. The summed E-state index contributed by atoms with van der Waals surface area (Å²) in [4.78, 5) is 48.5. The van der Waals surface area contributed by atoms with Crippen molar-refractivity contribution >= 4 is 23.3 Å². The van der Waals surface area contributed by atoms with E-state index < -0.39 is 21.9 Å². The fourth-order valence-electron chi connectivity index (χ4n) is 4.09. The molecular formula is C24H27N3O7. The Morgan fingerprint density at radius 1 is 0.912 bits per heavy atom. The van der Waals surface area contributed by atoms with Crippen molar-refractivity contribution in [2.75, 3.05) is 6.54 Å². The summed E-state index contributed by atoms with van der Waals surface area (Å²) in [5.74, 6) is -0.875. The molecule has 10 heteroatoms. The van der Waals surface area contributed by atoms with Gasteiger partial charge in [0.2, 0.25) is 0 Å². The Kier molecular flexibility index (Phi) is 8.29. The number of hydrogen-bond donors (Lipinski definition) is 0. The fraction of sp³-hybridized carbons (Fsp3) is 0.417. The number of rotatable bonds is 9. The quantitative estimate of drug-likeness (QED) is 0.289. The molecule has 0 aliphatic heterocycles. The largest absolute Gasteiger partial charge is 0.457 e. The summed E-state index contributed by atoms with van der Waals surface area (Å²) in [7, 11) is 0. The van der Waals surface area contributed by atoms with E-state index in [0.717, 1.165) is 32.1 Å². The number of nitrogens with zero attached hydrogens (tertiary/aromatic N) is 3. The van der Waals surface area contributed by atoms with E-state index in [4.69, 9.17) is 4.74 Å². The molecule has 180 valence electrons. The van der Waals surface area contributed by atoms with Gasteiger partial charge in [0.1, 0.15) is 6.10 Å². The Balaban J connectivity index is 1.76. The Bertz CT molecular complexity index is 1030. The van der Waals surface area contributed by atoms with E-state index in [2.05, 4.69) is 0 Å². The third kappa shape index (κ3) is 6.15. The number of carbonyl (C=O) groups excluding carboxylic acids is 2. The second-order valence-electron chi connectivity index (χ2n) is 8.29. The number of nitro benzene ring substituents is 2. The molecule has 0 spiro atoms. The minimum atomic E-state index is -0.617. The number of esters is 1. The van der Waals surface area contributed by atoms with Gasteiger partial charge in [0.25, 0.3) is 17.3 Å². The lowest BCUT2D eigenvalue weighted by molar-refractivity contribution is -0.385. The zero-order valence-electron chi connectivity index (χ0n) is 18.9. The molecule has 0 heterocycles. The highest BCUT2D eigenvalue weighted by Gasteiger charge is 2.30. The van der Waals surface area contributed by atoms with E-state index in [9.17, 15) is 29.8 Å². The van der Waals surface area contributed by atoms with E-state index in [0.29, 0.717) is 12.0 Å². The van der Waals surface area contributed by atoms with E-state index in [1.807, 2.05) is 6.92 Å². The van der Waals surface area contributed by atoms with Crippen LogP contribution in [-0.2, 0) is 4.74 Å². The number of amides is 1. The summed E-state index contributed by atoms with van der Waals surface area (Å²) in [6.07, 6.45) is 4.66. The summed E-state index contributed by atoms with van der Waals surface area (Å²) in [5.41, 5.74) is 0.313. The van der Waals surface area contributed by atoms with Crippen molar-refractivity contribution in [2.45, 2.75) is 57.6 Å². The Morgan fingerprint density at radius 2 is 1.41 bits per heavy atom. The topological polar surface area (TPSA) is 133 Å².